The summed E-state index contributed by atoms with van der Waals surface area (Å²) in [6.07, 6.45) is 2.61. The van der Waals surface area contributed by atoms with Gasteiger partial charge in [-0.05, 0) is 40.7 Å². The van der Waals surface area contributed by atoms with Crippen molar-refractivity contribution in [3.63, 3.8) is 0 Å². The smallest absolute Gasteiger partial charge is 0.289 e. The number of hydrogen-bond donors (Lipinski definition) is 0. The molecule has 1 heterocycles. The molecule has 0 atom stereocenters. The maximum absolute atomic E-state index is 6.47. The lowest BCUT2D eigenvalue weighted by Gasteiger charge is -2.51. The van der Waals surface area contributed by atoms with E-state index in [-0.39, 0.29) is 5.41 Å². The Bertz CT molecular complexity index is 1060. The molecule has 0 radical (unpaired) electrons. The summed E-state index contributed by atoms with van der Waals surface area (Å²) in [5.41, 5.74) is 4.55. The Labute approximate surface area is 194 Å². The zero-order valence-electron chi connectivity index (χ0n) is 21.7. The Kier molecular flexibility index (Phi) is 6.70. The zero-order valence-corrected chi connectivity index (χ0v) is 21.7. The largest absolute Gasteiger partial charge is 0.346 e. The first-order valence-corrected chi connectivity index (χ1v) is 11.9. The van der Waals surface area contributed by atoms with Gasteiger partial charge < -0.3 is 9.47 Å². The summed E-state index contributed by atoms with van der Waals surface area (Å²) in [6, 6.07) is 11.1. The molecule has 0 N–H and O–H groups in total. The van der Waals surface area contributed by atoms with E-state index in [9.17, 15) is 0 Å². The van der Waals surface area contributed by atoms with Crippen LogP contribution in [0.25, 0.3) is 10.8 Å². The highest BCUT2D eigenvalue weighted by molar-refractivity contribution is 6.07. The van der Waals surface area contributed by atoms with E-state index < -0.39 is 11.3 Å². The number of fused-ring (bicyclic) bond motifs is 3. The molecule has 0 aliphatic carbocycles. The van der Waals surface area contributed by atoms with Crippen molar-refractivity contribution in [3.8, 4) is 0 Å². The zero-order chi connectivity index (χ0) is 23.9. The SMILES string of the molecule is CCC1=[N+](C(C)=NC)C(CC)(CC)C(OC)(OC)c2c1cc(C(C)(C)C)c1ccccc21. The van der Waals surface area contributed by atoms with Gasteiger partial charge in [0.2, 0.25) is 5.79 Å². The van der Waals surface area contributed by atoms with Crippen molar-refractivity contribution in [1.29, 1.82) is 0 Å². The number of aliphatic imine (C=N–C) groups is 1. The van der Waals surface area contributed by atoms with Gasteiger partial charge in [0.1, 0.15) is 12.8 Å². The molecule has 32 heavy (non-hydrogen) atoms. The average molecular weight is 438 g/mol. The molecule has 4 nitrogen and oxygen atoms in total. The molecule has 0 amide bonds. The molecule has 2 aromatic rings. The fraction of sp³-hybridized carbons (Fsp3) is 0.571. The van der Waals surface area contributed by atoms with Gasteiger partial charge in [-0.1, -0.05) is 70.8 Å². The van der Waals surface area contributed by atoms with Crippen LogP contribution in [0, 0.1) is 0 Å². The first-order chi connectivity index (χ1) is 15.1. The number of benzene rings is 2. The molecular weight excluding hydrogens is 396 g/mol. The second-order valence-corrected chi connectivity index (χ2v) is 9.81. The highest BCUT2D eigenvalue weighted by Gasteiger charge is 2.63. The second-order valence-electron chi connectivity index (χ2n) is 9.81. The second kappa shape index (κ2) is 8.72. The Hall–Kier alpha value is -2.04. The third-order valence-electron chi connectivity index (χ3n) is 7.53. The maximum atomic E-state index is 6.47. The molecule has 3 rings (SSSR count). The van der Waals surface area contributed by atoms with E-state index >= 15 is 0 Å². The number of rotatable bonds is 5. The molecule has 4 heteroatoms. The molecule has 0 fully saturated rings. The number of hydrogen-bond acceptors (Lipinski definition) is 3. The van der Waals surface area contributed by atoms with E-state index in [1.807, 2.05) is 7.05 Å². The van der Waals surface area contributed by atoms with Gasteiger partial charge in [-0.15, -0.1) is 0 Å². The minimum absolute atomic E-state index is 0.000936. The van der Waals surface area contributed by atoms with Gasteiger partial charge >= 0.3 is 0 Å². The molecular formula is C28H41N2O2+. The standard InChI is InChI=1S/C28H41N2O2/c1-11-24-22-18-23(26(5,6)7)20-16-14-15-17-21(20)25(22)28(31-9,32-10)27(12-2,13-3)30(24)19(4)29-8/h14-18H,11-13H2,1-10H3/q+1. The first kappa shape index (κ1) is 24.6. The summed E-state index contributed by atoms with van der Waals surface area (Å²) in [6.45, 7) is 15.7. The van der Waals surface area contributed by atoms with Crippen molar-refractivity contribution in [2.75, 3.05) is 21.3 Å². The molecule has 1 aliphatic heterocycles. The van der Waals surface area contributed by atoms with Crippen LogP contribution in [0.4, 0.5) is 0 Å². The molecule has 0 unspecified atom stereocenters. The third-order valence-corrected chi connectivity index (χ3v) is 7.53. The molecule has 0 saturated carbocycles. The summed E-state index contributed by atoms with van der Waals surface area (Å²) in [5, 5.41) is 2.48. The van der Waals surface area contributed by atoms with Crippen molar-refractivity contribution in [2.45, 2.75) is 84.5 Å². The van der Waals surface area contributed by atoms with Gasteiger partial charge in [0.15, 0.2) is 5.54 Å². The van der Waals surface area contributed by atoms with Crippen molar-refractivity contribution in [3.05, 3.63) is 47.0 Å². The quantitative estimate of drug-likeness (QED) is 0.234. The minimum Gasteiger partial charge on any atom is -0.346 e. The summed E-state index contributed by atoms with van der Waals surface area (Å²) in [7, 11) is 5.44. The van der Waals surface area contributed by atoms with Crippen LogP contribution in [0.15, 0.2) is 35.3 Å². The van der Waals surface area contributed by atoms with Gasteiger partial charge in [-0.25, -0.2) is 4.58 Å². The van der Waals surface area contributed by atoms with Crippen LogP contribution < -0.4 is 0 Å². The van der Waals surface area contributed by atoms with Gasteiger partial charge in [-0.2, -0.15) is 0 Å². The van der Waals surface area contributed by atoms with Crippen LogP contribution in [0.3, 0.4) is 0 Å². The summed E-state index contributed by atoms with van der Waals surface area (Å²) in [5.74, 6) is 0.0482. The van der Waals surface area contributed by atoms with E-state index in [1.165, 1.54) is 27.6 Å². The molecule has 0 aromatic heterocycles. The average Bonchev–Trinajstić information content (AvgIpc) is 2.80. The molecule has 0 saturated heterocycles. The van der Waals surface area contributed by atoms with Crippen LogP contribution in [0.1, 0.15) is 84.4 Å². The predicted octanol–water partition coefficient (Wildman–Crippen LogP) is 6.42. The monoisotopic (exact) mass is 437 g/mol. The Morgan fingerprint density at radius 1 is 1.00 bits per heavy atom. The van der Waals surface area contributed by atoms with E-state index in [1.54, 1.807) is 14.2 Å². The Morgan fingerprint density at radius 3 is 2.00 bits per heavy atom. The van der Waals surface area contributed by atoms with E-state index in [4.69, 9.17) is 9.47 Å². The van der Waals surface area contributed by atoms with Crippen LogP contribution in [-0.2, 0) is 20.7 Å². The van der Waals surface area contributed by atoms with Crippen molar-refractivity contribution in [1.82, 2.24) is 0 Å². The first-order valence-electron chi connectivity index (χ1n) is 11.9. The van der Waals surface area contributed by atoms with Gasteiger partial charge in [-0.3, -0.25) is 0 Å². The van der Waals surface area contributed by atoms with Crippen LogP contribution in [0.5, 0.6) is 0 Å². The lowest BCUT2D eigenvalue weighted by Crippen LogP contribution is -2.65. The number of nitrogens with zero attached hydrogens (tertiary/aromatic N) is 2. The summed E-state index contributed by atoms with van der Waals surface area (Å²) < 4.78 is 15.4. The van der Waals surface area contributed by atoms with Gasteiger partial charge in [0, 0.05) is 38.7 Å². The Morgan fingerprint density at radius 2 is 1.56 bits per heavy atom. The van der Waals surface area contributed by atoms with E-state index in [2.05, 4.69) is 88.4 Å². The van der Waals surface area contributed by atoms with E-state index in [0.29, 0.717) is 0 Å². The highest BCUT2D eigenvalue weighted by atomic mass is 16.7. The molecule has 2 aromatic carbocycles. The van der Waals surface area contributed by atoms with Crippen molar-refractivity contribution in [2.24, 2.45) is 4.99 Å². The van der Waals surface area contributed by atoms with Gasteiger partial charge in [0.05, 0.1) is 0 Å². The number of amidine groups is 1. The summed E-state index contributed by atoms with van der Waals surface area (Å²) in [4.78, 5) is 4.65. The lowest BCUT2D eigenvalue weighted by atomic mass is 9.69. The predicted molar refractivity (Wildman–Crippen MR) is 135 cm³/mol. The van der Waals surface area contributed by atoms with Crippen molar-refractivity contribution >= 4 is 22.3 Å². The Balaban J connectivity index is 2.72. The molecule has 0 bridgehead atoms. The maximum Gasteiger partial charge on any atom is 0.289 e. The van der Waals surface area contributed by atoms with E-state index in [0.717, 1.165) is 30.7 Å². The highest BCUT2D eigenvalue weighted by Crippen LogP contribution is 2.52. The molecule has 1 aliphatic rings. The van der Waals surface area contributed by atoms with Crippen molar-refractivity contribution < 1.29 is 14.0 Å². The van der Waals surface area contributed by atoms with Crippen LogP contribution >= 0.6 is 0 Å². The minimum atomic E-state index is -0.938. The summed E-state index contributed by atoms with van der Waals surface area (Å²) >= 11 is 0. The normalized spacial score (nSPS) is 18.2. The molecule has 174 valence electrons. The van der Waals surface area contributed by atoms with Crippen LogP contribution in [-0.4, -0.2) is 42.9 Å². The van der Waals surface area contributed by atoms with Crippen LogP contribution in [0.2, 0.25) is 0 Å². The fourth-order valence-electron chi connectivity index (χ4n) is 5.99. The lowest BCUT2D eigenvalue weighted by molar-refractivity contribution is -0.576. The third kappa shape index (κ3) is 3.18. The topological polar surface area (TPSA) is 33.8 Å². The number of methoxy groups -OCH3 is 2. The van der Waals surface area contributed by atoms with Gasteiger partial charge in [0.25, 0.3) is 5.84 Å². The molecule has 0 spiro atoms. The fourth-order valence-corrected chi connectivity index (χ4v) is 5.99. The number of ether oxygens (including phenoxy) is 2.